The molecule has 3 amide bonds. The number of amides is 3. The lowest BCUT2D eigenvalue weighted by Crippen LogP contribution is -2.48. The van der Waals surface area contributed by atoms with Crippen LogP contribution >= 0.6 is 11.6 Å². The molecule has 7 heteroatoms. The topological polar surface area (TPSA) is 80.3 Å². The zero-order valence-corrected chi connectivity index (χ0v) is 15.4. The first-order valence-corrected chi connectivity index (χ1v) is 9.19. The van der Waals surface area contributed by atoms with Crippen LogP contribution in [0.2, 0.25) is 5.02 Å². The molecule has 26 heavy (non-hydrogen) atoms. The Kier molecular flexibility index (Phi) is 5.93. The summed E-state index contributed by atoms with van der Waals surface area (Å²) in [4.78, 5) is 28.3. The lowest BCUT2D eigenvalue weighted by atomic mass is 9.86. The fourth-order valence-electron chi connectivity index (χ4n) is 3.27. The van der Waals surface area contributed by atoms with Gasteiger partial charge in [-0.15, -0.1) is 0 Å². The summed E-state index contributed by atoms with van der Waals surface area (Å²) in [6, 6.07) is 6.60. The van der Waals surface area contributed by atoms with E-state index in [1.165, 1.54) is 6.42 Å². The first kappa shape index (κ1) is 18.5. The maximum absolute atomic E-state index is 12.0. The number of hydrogen-bond acceptors (Lipinski definition) is 4. The molecular weight excluding hydrogens is 354 g/mol. The standard InChI is InChI=1S/C19H22ClN3O3/c1-12-5-2-3-7-15(12)22-19(25)23-17(24)11-26-16-9-8-14(20)13-6-4-10-21-18(13)16/h4,6,8-10,12,15H,2-3,5,7,11H2,1H3,(H2,22,23,24,25)/t12-,15+/m0/s1. The van der Waals surface area contributed by atoms with E-state index in [9.17, 15) is 9.59 Å². The second kappa shape index (κ2) is 8.36. The normalized spacial score (nSPS) is 19.8. The molecule has 6 nitrogen and oxygen atoms in total. The van der Waals surface area contributed by atoms with Crippen molar-refractivity contribution < 1.29 is 14.3 Å². The minimum absolute atomic E-state index is 0.113. The summed E-state index contributed by atoms with van der Waals surface area (Å²) < 4.78 is 5.53. The van der Waals surface area contributed by atoms with Crippen molar-refractivity contribution in [1.29, 1.82) is 0 Å². The molecule has 1 aromatic heterocycles. The summed E-state index contributed by atoms with van der Waals surface area (Å²) >= 11 is 6.14. The van der Waals surface area contributed by atoms with Gasteiger partial charge in [-0.3, -0.25) is 15.1 Å². The van der Waals surface area contributed by atoms with E-state index in [1.807, 2.05) is 6.07 Å². The molecule has 2 atom stereocenters. The molecule has 1 aromatic carbocycles. The number of fused-ring (bicyclic) bond motifs is 1. The lowest BCUT2D eigenvalue weighted by molar-refractivity contribution is -0.122. The van der Waals surface area contributed by atoms with Gasteiger partial charge in [-0.05, 0) is 43.0 Å². The highest BCUT2D eigenvalue weighted by Crippen LogP contribution is 2.29. The van der Waals surface area contributed by atoms with Crippen molar-refractivity contribution in [3.05, 3.63) is 35.5 Å². The summed E-state index contributed by atoms with van der Waals surface area (Å²) in [5.74, 6) is 0.360. The van der Waals surface area contributed by atoms with Crippen LogP contribution in [0.4, 0.5) is 4.79 Å². The van der Waals surface area contributed by atoms with Crippen LogP contribution in [0.1, 0.15) is 32.6 Å². The molecule has 0 unspecified atom stereocenters. The van der Waals surface area contributed by atoms with E-state index in [1.54, 1.807) is 24.4 Å². The minimum Gasteiger partial charge on any atom is -0.481 e. The van der Waals surface area contributed by atoms with Crippen LogP contribution in [0.3, 0.4) is 0 Å². The first-order valence-electron chi connectivity index (χ1n) is 8.81. The van der Waals surface area contributed by atoms with Gasteiger partial charge in [0.1, 0.15) is 11.3 Å². The average molecular weight is 376 g/mol. The van der Waals surface area contributed by atoms with E-state index in [0.29, 0.717) is 22.2 Å². The maximum atomic E-state index is 12.0. The smallest absolute Gasteiger partial charge is 0.321 e. The summed E-state index contributed by atoms with van der Waals surface area (Å²) in [5.41, 5.74) is 0.577. The van der Waals surface area contributed by atoms with Crippen molar-refractivity contribution in [2.45, 2.75) is 38.6 Å². The number of benzene rings is 1. The van der Waals surface area contributed by atoms with E-state index in [-0.39, 0.29) is 12.6 Å². The molecule has 1 heterocycles. The molecule has 2 N–H and O–H groups in total. The average Bonchev–Trinajstić information content (AvgIpc) is 2.63. The van der Waals surface area contributed by atoms with Gasteiger partial charge in [-0.1, -0.05) is 31.4 Å². The molecule has 0 saturated heterocycles. The number of nitrogens with zero attached hydrogens (tertiary/aromatic N) is 1. The van der Waals surface area contributed by atoms with E-state index in [4.69, 9.17) is 16.3 Å². The molecule has 1 fully saturated rings. The molecule has 2 aromatic rings. The van der Waals surface area contributed by atoms with Gasteiger partial charge in [0.15, 0.2) is 6.61 Å². The Labute approximate surface area is 157 Å². The number of pyridine rings is 1. The summed E-state index contributed by atoms with van der Waals surface area (Å²) in [5, 5.41) is 6.50. The number of aromatic nitrogens is 1. The molecular formula is C19H22ClN3O3. The maximum Gasteiger partial charge on any atom is 0.321 e. The molecule has 138 valence electrons. The third kappa shape index (κ3) is 4.43. The number of rotatable bonds is 4. The number of ether oxygens (including phenoxy) is 1. The molecule has 0 aliphatic heterocycles. The SMILES string of the molecule is C[C@H]1CCCC[C@H]1NC(=O)NC(=O)COc1ccc(Cl)c2cccnc12. The van der Waals surface area contributed by atoms with Crippen molar-refractivity contribution in [3.8, 4) is 5.75 Å². The largest absolute Gasteiger partial charge is 0.481 e. The van der Waals surface area contributed by atoms with Gasteiger partial charge in [-0.2, -0.15) is 0 Å². The molecule has 0 radical (unpaired) electrons. The zero-order chi connectivity index (χ0) is 18.5. The van der Waals surface area contributed by atoms with E-state index < -0.39 is 11.9 Å². The number of imide groups is 1. The first-order chi connectivity index (χ1) is 12.5. The highest BCUT2D eigenvalue weighted by Gasteiger charge is 2.23. The van der Waals surface area contributed by atoms with Crippen LogP contribution in [-0.4, -0.2) is 29.6 Å². The van der Waals surface area contributed by atoms with Crippen LogP contribution < -0.4 is 15.4 Å². The van der Waals surface area contributed by atoms with Crippen LogP contribution in [-0.2, 0) is 4.79 Å². The van der Waals surface area contributed by atoms with Gasteiger partial charge >= 0.3 is 6.03 Å². The van der Waals surface area contributed by atoms with Crippen LogP contribution in [0, 0.1) is 5.92 Å². The van der Waals surface area contributed by atoms with Crippen molar-refractivity contribution in [2.24, 2.45) is 5.92 Å². The Morgan fingerprint density at radius 2 is 2.08 bits per heavy atom. The monoisotopic (exact) mass is 375 g/mol. The minimum atomic E-state index is -0.509. The number of hydrogen-bond donors (Lipinski definition) is 2. The van der Waals surface area contributed by atoms with Gasteiger partial charge in [0, 0.05) is 17.6 Å². The third-order valence-corrected chi connectivity index (χ3v) is 5.05. The van der Waals surface area contributed by atoms with Gasteiger partial charge in [0.05, 0.1) is 5.02 Å². The Morgan fingerprint density at radius 3 is 2.88 bits per heavy atom. The summed E-state index contributed by atoms with van der Waals surface area (Å²) in [7, 11) is 0. The second-order valence-electron chi connectivity index (χ2n) is 6.62. The van der Waals surface area contributed by atoms with E-state index in [0.717, 1.165) is 24.6 Å². The van der Waals surface area contributed by atoms with Crippen LogP contribution in [0.25, 0.3) is 10.9 Å². The van der Waals surface area contributed by atoms with Crippen molar-refractivity contribution in [2.75, 3.05) is 6.61 Å². The number of carbonyl (C=O) groups is 2. The number of carbonyl (C=O) groups excluding carboxylic acids is 2. The molecule has 0 spiro atoms. The van der Waals surface area contributed by atoms with Crippen molar-refractivity contribution in [1.82, 2.24) is 15.6 Å². The van der Waals surface area contributed by atoms with Crippen molar-refractivity contribution in [3.63, 3.8) is 0 Å². The van der Waals surface area contributed by atoms with Crippen molar-refractivity contribution >= 4 is 34.4 Å². The molecule has 1 saturated carbocycles. The summed E-state index contributed by atoms with van der Waals surface area (Å²) in [6.45, 7) is 1.84. The van der Waals surface area contributed by atoms with Gasteiger partial charge in [-0.25, -0.2) is 4.79 Å². The predicted octanol–water partition coefficient (Wildman–Crippen LogP) is 3.67. The fourth-order valence-corrected chi connectivity index (χ4v) is 3.49. The number of urea groups is 1. The quantitative estimate of drug-likeness (QED) is 0.854. The Hall–Kier alpha value is -2.34. The Balaban J connectivity index is 1.54. The van der Waals surface area contributed by atoms with E-state index >= 15 is 0 Å². The van der Waals surface area contributed by atoms with Gasteiger partial charge in [0.2, 0.25) is 0 Å². The van der Waals surface area contributed by atoms with Crippen LogP contribution in [0.15, 0.2) is 30.5 Å². The highest BCUT2D eigenvalue weighted by atomic mass is 35.5. The molecule has 3 rings (SSSR count). The number of halogens is 1. The predicted molar refractivity (Wildman–Crippen MR) is 100 cm³/mol. The Bertz CT molecular complexity index is 812. The molecule has 1 aliphatic rings. The number of nitrogens with one attached hydrogen (secondary N) is 2. The van der Waals surface area contributed by atoms with Crippen LogP contribution in [0.5, 0.6) is 5.75 Å². The van der Waals surface area contributed by atoms with Gasteiger partial charge < -0.3 is 10.1 Å². The lowest BCUT2D eigenvalue weighted by Gasteiger charge is -2.29. The van der Waals surface area contributed by atoms with Gasteiger partial charge in [0.25, 0.3) is 5.91 Å². The van der Waals surface area contributed by atoms with E-state index in [2.05, 4.69) is 22.5 Å². The second-order valence-corrected chi connectivity index (χ2v) is 7.03. The fraction of sp³-hybridized carbons (Fsp3) is 0.421. The third-order valence-electron chi connectivity index (χ3n) is 4.72. The Morgan fingerprint density at radius 1 is 1.27 bits per heavy atom. The molecule has 1 aliphatic carbocycles. The zero-order valence-electron chi connectivity index (χ0n) is 14.6. The molecule has 0 bridgehead atoms. The highest BCUT2D eigenvalue weighted by molar-refractivity contribution is 6.35. The summed E-state index contributed by atoms with van der Waals surface area (Å²) in [6.07, 6.45) is 5.96.